The van der Waals surface area contributed by atoms with Crippen LogP contribution in [-0.4, -0.2) is 198 Å². The maximum absolute atomic E-state index is 13.9. The molecule has 86 heavy (non-hydrogen) atoms. The lowest BCUT2D eigenvalue weighted by Crippen LogP contribution is -2.71. The molecular weight excluding hydrogens is 1170 g/mol. The van der Waals surface area contributed by atoms with Gasteiger partial charge >= 0.3 is 32.3 Å². The van der Waals surface area contributed by atoms with Crippen LogP contribution < -0.4 is 27.4 Å². The number of hydrogen-bond donors (Lipinski definition) is 8. The molecule has 10 N–H and O–H groups in total. The lowest BCUT2D eigenvalue weighted by molar-refractivity contribution is -0.367. The highest BCUT2D eigenvalue weighted by Crippen LogP contribution is 2.43. The van der Waals surface area contributed by atoms with Crippen LogP contribution in [0.4, 0.5) is 4.79 Å². The number of carbonyl (C=O) groups is 9. The van der Waals surface area contributed by atoms with Crippen molar-refractivity contribution in [3.8, 4) is 0 Å². The Balaban J connectivity index is 1.39. The number of primary amides is 2. The van der Waals surface area contributed by atoms with Crippen LogP contribution in [0.5, 0.6) is 0 Å². The second-order valence-electron chi connectivity index (χ2n) is 22.9. The van der Waals surface area contributed by atoms with Crippen LogP contribution in [0.25, 0.3) is 0 Å². The lowest BCUT2D eigenvalue weighted by atomic mass is 9.82. The zero-order valence-corrected chi connectivity index (χ0v) is 50.8. The van der Waals surface area contributed by atoms with Crippen molar-refractivity contribution in [3.63, 3.8) is 0 Å². The number of rotatable bonds is 21. The van der Waals surface area contributed by atoms with Crippen LogP contribution >= 0.6 is 8.25 Å². The number of ether oxygens (including phenoxy) is 13. The van der Waals surface area contributed by atoms with Crippen molar-refractivity contribution in [1.82, 2.24) is 16.0 Å². The van der Waals surface area contributed by atoms with Gasteiger partial charge in [-0.15, -0.1) is 4.89 Å². The van der Waals surface area contributed by atoms with Crippen molar-refractivity contribution in [2.24, 2.45) is 47.0 Å². The van der Waals surface area contributed by atoms with Gasteiger partial charge in [-0.1, -0.05) is 46.1 Å². The van der Waals surface area contributed by atoms with Crippen molar-refractivity contribution >= 4 is 61.7 Å². The highest BCUT2D eigenvalue weighted by atomic mass is 31.1. The number of allylic oxidation sites excluding steroid dienone is 2. The molecule has 5 amide bonds. The normalized spacial score (nSPS) is 40.1. The number of amides is 5. The van der Waals surface area contributed by atoms with Gasteiger partial charge in [-0.3, -0.25) is 38.4 Å². The molecule has 5 saturated heterocycles. The molecule has 0 bridgehead atoms. The maximum Gasteiger partial charge on any atom is 0.697 e. The first kappa shape index (κ1) is 69.5. The topological polar surface area (TPSA) is 449 Å². The molecule has 33 heteroatoms. The van der Waals surface area contributed by atoms with Crippen molar-refractivity contribution in [2.45, 2.75) is 219 Å². The number of nitrogens with two attached hydrogens (primary N) is 2. The fraction of sp³-hybridized carbons (Fsp3) is 0.792. The zero-order chi connectivity index (χ0) is 64.1. The fourth-order valence-electron chi connectivity index (χ4n) is 11.7. The molecule has 484 valence electrons. The molecule has 0 spiro atoms. The van der Waals surface area contributed by atoms with Crippen LogP contribution in [-0.2, 0) is 109 Å². The molecule has 6 rings (SSSR count). The molecule has 0 aromatic carbocycles. The van der Waals surface area contributed by atoms with Gasteiger partial charge in [-0.05, 0) is 25.7 Å². The van der Waals surface area contributed by atoms with E-state index in [4.69, 9.17) is 77.6 Å². The molecule has 5 heterocycles. The Bertz CT molecular complexity index is 2570. The summed E-state index contributed by atoms with van der Waals surface area (Å²) in [6.07, 6.45) is -25.4. The Labute approximate surface area is 496 Å². The molecule has 11 unspecified atom stereocenters. The molecule has 5 aliphatic heterocycles. The van der Waals surface area contributed by atoms with Gasteiger partial charge in [0.05, 0.1) is 43.1 Å². The monoisotopic (exact) mass is 1250 g/mol. The predicted molar refractivity (Wildman–Crippen MR) is 285 cm³/mol. The maximum atomic E-state index is 13.9. The second kappa shape index (κ2) is 29.1. The largest absolute Gasteiger partial charge is 0.697 e. The minimum Gasteiger partial charge on any atom is -0.510 e. The molecule has 0 aromatic rings. The van der Waals surface area contributed by atoms with Gasteiger partial charge < -0.3 is 99.2 Å². The van der Waals surface area contributed by atoms with Gasteiger partial charge in [0.25, 0.3) is 5.91 Å². The Hall–Kier alpha value is -5.61. The van der Waals surface area contributed by atoms with E-state index >= 15 is 0 Å². The third kappa shape index (κ3) is 16.4. The number of aliphatic hydroxyl groups is 2. The summed E-state index contributed by atoms with van der Waals surface area (Å²) in [5, 5.41) is 30.2. The molecular formula is C53H81N5O27P+. The smallest absolute Gasteiger partial charge is 0.510 e. The first-order valence-electron chi connectivity index (χ1n) is 28.1. The summed E-state index contributed by atoms with van der Waals surface area (Å²) in [4.78, 5) is 125. The van der Waals surface area contributed by atoms with E-state index in [2.05, 4.69) is 16.0 Å². The van der Waals surface area contributed by atoms with Gasteiger partial charge in [0.15, 0.2) is 61.5 Å². The van der Waals surface area contributed by atoms with E-state index in [9.17, 15) is 62.8 Å². The van der Waals surface area contributed by atoms with E-state index < -0.39 is 220 Å². The molecule has 1 aliphatic carbocycles. The van der Waals surface area contributed by atoms with Crippen molar-refractivity contribution in [1.29, 1.82) is 0 Å². The van der Waals surface area contributed by atoms with E-state index in [1.54, 1.807) is 48.5 Å². The van der Waals surface area contributed by atoms with E-state index in [0.717, 1.165) is 13.8 Å². The molecule has 5 fully saturated rings. The molecule has 26 atom stereocenters. The minimum absolute atomic E-state index is 0.0125. The summed E-state index contributed by atoms with van der Waals surface area (Å²) in [6, 6.07) is -2.55. The summed E-state index contributed by atoms with van der Waals surface area (Å²) in [7, 11) is -3.63. The molecule has 0 saturated carbocycles. The Morgan fingerprint density at radius 1 is 0.616 bits per heavy atom. The van der Waals surface area contributed by atoms with Gasteiger partial charge in [0.2, 0.25) is 24.0 Å². The van der Waals surface area contributed by atoms with E-state index in [1.807, 2.05) is 0 Å². The van der Waals surface area contributed by atoms with Gasteiger partial charge in [-0.2, -0.15) is 0 Å². The lowest BCUT2D eigenvalue weighted by Gasteiger charge is -2.52. The highest BCUT2D eigenvalue weighted by molar-refractivity contribution is 7.32. The number of esters is 3. The average Bonchev–Trinajstić information content (AvgIpc) is 0.972. The third-order valence-electron chi connectivity index (χ3n) is 16.5. The number of carbonyl (C=O) groups excluding carboxylic acids is 9. The first-order chi connectivity index (χ1) is 40.1. The zero-order valence-electron chi connectivity index (χ0n) is 49.9. The SMILES string of the molecule is CC(=O)NC1[C@H](O[C@H]2C(CO[C@@H]3OC(COC(C)=O)[C@H](C)[C@H](C)C3OC(C)=O)O[C@@H](OC3[C@H](O[P+](=O)O)OC(C(N)=O)[C@@](C)(O)[C@@H]3OC(N)=O)C(NC(C)=O)[C@H]2C)OC(C)[C@H](O[C@@H]2OC(C(=O)NC3=C(O)CCC3=O)[C@H](C)[C@H](C)C2OC(C)=O)[C@@H]1C. The molecule has 0 radical (unpaired) electrons. The van der Waals surface area contributed by atoms with Gasteiger partial charge in [0, 0.05) is 75.7 Å². The van der Waals surface area contributed by atoms with Crippen LogP contribution in [0.1, 0.15) is 103 Å². The predicted octanol–water partition coefficient (Wildman–Crippen LogP) is -0.329. The summed E-state index contributed by atoms with van der Waals surface area (Å²) in [6.45, 7) is 17.9. The summed E-state index contributed by atoms with van der Waals surface area (Å²) < 4.78 is 97.5. The first-order valence-corrected chi connectivity index (χ1v) is 29.2. The summed E-state index contributed by atoms with van der Waals surface area (Å²) >= 11 is 0. The number of hydrogen-bond acceptors (Lipinski definition) is 26. The molecule has 6 aliphatic rings. The molecule has 32 nitrogen and oxygen atoms in total. The standard InChI is InChI=1S/C53H80N5O27P/c1-18-19(2)40(75-28(11)62)49(77-32(18)16-72-27(10)61)73-17-33-38(23(6)35(57-26(9)60)48(78-33)82-42-43(84-52(55)68)53(13,69)44(45(54)66)83-51(42)85-86(70)71)80-47-34(56-25(8)59)22(5)37(24(7)74-47)79-50-41(76-29(12)63)21(4)20(3)39(81-50)46(67)58-36-30(64)14-15-31(36)65/h18-24,32-35,37-44,47-51,69H,14-17H2,1-13H3,(H8-,54,55,56,57,58,59,60,64,65,66,67,68,70,71)/p+1/t18-,19+,20-,21+,22-,23-,24?,32?,33?,34?,35?,37-,38-,39?,40?,41?,42?,43-,44?,47+,48+,49-,50-,51+,53+/m1/s1. The molecule has 0 aromatic heterocycles. The Kier molecular flexibility index (Phi) is 23.5. The number of nitrogens with one attached hydrogen (secondary N) is 3. The van der Waals surface area contributed by atoms with Crippen LogP contribution in [0, 0.1) is 35.5 Å². The van der Waals surface area contributed by atoms with E-state index in [0.29, 0.717) is 0 Å². The quantitative estimate of drug-likeness (QED) is 0.0414. The van der Waals surface area contributed by atoms with Crippen molar-refractivity contribution in [3.05, 3.63) is 11.5 Å². The number of ketones is 1. The van der Waals surface area contributed by atoms with E-state index in [-0.39, 0.29) is 30.9 Å². The van der Waals surface area contributed by atoms with Crippen LogP contribution in [0.2, 0.25) is 0 Å². The van der Waals surface area contributed by atoms with Gasteiger partial charge in [0.1, 0.15) is 35.9 Å². The third-order valence-corrected chi connectivity index (χ3v) is 16.9. The van der Waals surface area contributed by atoms with Crippen LogP contribution in [0.3, 0.4) is 0 Å². The van der Waals surface area contributed by atoms with Crippen molar-refractivity contribution in [2.75, 3.05) is 13.2 Å². The Morgan fingerprint density at radius 3 is 1.67 bits per heavy atom. The fourth-order valence-corrected chi connectivity index (χ4v) is 12.1. The van der Waals surface area contributed by atoms with Crippen LogP contribution in [0.15, 0.2) is 11.5 Å². The van der Waals surface area contributed by atoms with E-state index in [1.165, 1.54) is 27.7 Å². The number of aliphatic hydroxyl groups excluding tert-OH is 1. The minimum atomic E-state index is -3.63. The second-order valence-corrected chi connectivity index (χ2v) is 23.5. The van der Waals surface area contributed by atoms with Gasteiger partial charge in [-0.25, -0.2) is 4.79 Å². The Morgan fingerprint density at radius 2 is 1.15 bits per heavy atom. The average molecular weight is 1250 g/mol. The summed E-state index contributed by atoms with van der Waals surface area (Å²) in [5.41, 5.74) is 8.11. The summed E-state index contributed by atoms with van der Waals surface area (Å²) in [5.74, 6) is -10.2. The van der Waals surface area contributed by atoms with Crippen molar-refractivity contribution < 1.29 is 129 Å². The number of Topliss-reactive ketones (excluding diaryl/α,β-unsaturated/α-hetero) is 1. The highest BCUT2D eigenvalue weighted by Gasteiger charge is 2.62.